The molecule has 0 saturated carbocycles. The maximum Gasteiger partial charge on any atom is 0.354 e. The van der Waals surface area contributed by atoms with E-state index in [2.05, 4.69) is 35.6 Å². The van der Waals surface area contributed by atoms with Crippen molar-refractivity contribution in [3.05, 3.63) is 131 Å². The summed E-state index contributed by atoms with van der Waals surface area (Å²) in [5.41, 5.74) is 14.8. The number of carboxylic acids is 1. The number of anilines is 2. The molecule has 0 bridgehead atoms. The first-order chi connectivity index (χ1) is 29.1. The highest BCUT2D eigenvalue weighted by Crippen LogP contribution is 2.25. The Morgan fingerprint density at radius 2 is 1.16 bits per heavy atom. The Balaban J connectivity index is 0.000000170. The van der Waals surface area contributed by atoms with Crippen LogP contribution in [0.3, 0.4) is 0 Å². The van der Waals surface area contributed by atoms with Crippen LogP contribution in [0.1, 0.15) is 81.7 Å². The Morgan fingerprint density at radius 1 is 0.672 bits per heavy atom. The molecule has 0 spiro atoms. The van der Waals surface area contributed by atoms with E-state index in [0.29, 0.717) is 77.4 Å². The zero-order chi connectivity index (χ0) is 43.8. The minimum Gasteiger partial charge on any atom is -0.477 e. The predicted molar refractivity (Wildman–Crippen MR) is 226 cm³/mol. The van der Waals surface area contributed by atoms with Crippen LogP contribution in [0.5, 0.6) is 0 Å². The first-order valence-electron chi connectivity index (χ1n) is 19.2. The largest absolute Gasteiger partial charge is 0.477 e. The second kappa shape index (κ2) is 18.8. The predicted octanol–water partition coefficient (Wildman–Crippen LogP) is 7.26. The van der Waals surface area contributed by atoms with Crippen molar-refractivity contribution in [3.8, 4) is 22.8 Å². The number of nitrogens with zero attached hydrogens (tertiary/aromatic N) is 8. The molecule has 0 aliphatic carbocycles. The standard InChI is InChI=1S/C22H21N5O3.C13H15N3O2.C9H8N2O2/c1-13-8-9-27-18(12-23-19(27)10-13)22(29)24-17-11-16(6-4-14(17)2)21-25-20(30-26-21)7-5-15(3)28;1-8-3-5-10(7-11(8)14)13-15-12(18-16-13)6-4-9(2)17;1-6-2-3-11-7(9(12)13)5-10-8(11)4-6/h4,6,8-12H,5,7H2,1-3H3,(H,24,29);3,5,7H,4,6,14H2,1-2H3;2-5H,1H3,(H,12,13). The van der Waals surface area contributed by atoms with Gasteiger partial charge in [-0.3, -0.25) is 13.6 Å². The van der Waals surface area contributed by atoms with Crippen molar-refractivity contribution in [2.24, 2.45) is 0 Å². The molecule has 6 heterocycles. The minimum absolute atomic E-state index is 0.0673. The van der Waals surface area contributed by atoms with Crippen LogP contribution >= 0.6 is 0 Å². The van der Waals surface area contributed by atoms with Gasteiger partial charge in [0.15, 0.2) is 5.69 Å². The SMILES string of the molecule is CC(=O)CCc1nc(-c2ccc(C)c(N)c2)no1.CC(=O)CCc1nc(-c2ccc(C)c(NC(=O)c3cnc4cc(C)ccn34)c2)no1.Cc1ccn2c(C(=O)O)cnc2c1. The van der Waals surface area contributed by atoms with Gasteiger partial charge in [0.25, 0.3) is 5.91 Å². The Labute approximate surface area is 349 Å². The highest BCUT2D eigenvalue weighted by Gasteiger charge is 2.16. The summed E-state index contributed by atoms with van der Waals surface area (Å²) in [6.07, 6.45) is 8.11. The smallest absolute Gasteiger partial charge is 0.354 e. The van der Waals surface area contributed by atoms with Gasteiger partial charge in [-0.1, -0.05) is 34.6 Å². The second-order valence-corrected chi connectivity index (χ2v) is 14.4. The minimum atomic E-state index is -0.962. The van der Waals surface area contributed by atoms with Gasteiger partial charge in [-0.05, 0) is 100 Å². The average Bonchev–Trinajstić information content (AvgIpc) is 4.05. The zero-order valence-corrected chi connectivity index (χ0v) is 34.5. The van der Waals surface area contributed by atoms with E-state index in [0.717, 1.165) is 33.5 Å². The molecule has 61 heavy (non-hydrogen) atoms. The number of rotatable bonds is 11. The molecule has 312 valence electrons. The fourth-order valence-corrected chi connectivity index (χ4v) is 5.87. The molecule has 0 aliphatic rings. The number of benzene rings is 2. The lowest BCUT2D eigenvalue weighted by Gasteiger charge is -2.09. The Morgan fingerprint density at radius 3 is 1.67 bits per heavy atom. The monoisotopic (exact) mass is 824 g/mol. The quantitative estimate of drug-likeness (QED) is 0.109. The third kappa shape index (κ3) is 10.8. The summed E-state index contributed by atoms with van der Waals surface area (Å²) in [7, 11) is 0. The third-order valence-electron chi connectivity index (χ3n) is 9.39. The fourth-order valence-electron chi connectivity index (χ4n) is 5.87. The van der Waals surface area contributed by atoms with Crippen LogP contribution in [-0.2, 0) is 22.4 Å². The molecule has 6 aromatic heterocycles. The number of ketones is 2. The van der Waals surface area contributed by atoms with Crippen molar-refractivity contribution >= 4 is 46.1 Å². The number of nitrogens with two attached hydrogens (primary N) is 1. The van der Waals surface area contributed by atoms with Crippen LogP contribution in [-0.4, -0.2) is 67.6 Å². The number of amides is 1. The summed E-state index contributed by atoms with van der Waals surface area (Å²) in [6, 6.07) is 18.7. The third-order valence-corrected chi connectivity index (χ3v) is 9.39. The number of imidazole rings is 2. The van der Waals surface area contributed by atoms with Crippen LogP contribution in [0.2, 0.25) is 0 Å². The summed E-state index contributed by atoms with van der Waals surface area (Å²) in [6.45, 7) is 10.8. The number of aromatic carboxylic acids is 1. The van der Waals surface area contributed by atoms with Gasteiger partial charge in [0, 0.05) is 60.6 Å². The first-order valence-corrected chi connectivity index (χ1v) is 19.2. The molecular formula is C44H44N10O7. The van der Waals surface area contributed by atoms with Crippen molar-refractivity contribution in [1.29, 1.82) is 0 Å². The number of carbonyl (C=O) groups excluding carboxylic acids is 3. The number of nitrogens with one attached hydrogen (secondary N) is 1. The normalized spacial score (nSPS) is 10.8. The number of fused-ring (bicyclic) bond motifs is 2. The summed E-state index contributed by atoms with van der Waals surface area (Å²) in [5.74, 6) is 0.742. The molecule has 8 aromatic rings. The number of carboxylic acid groups (broad SMARTS) is 1. The summed E-state index contributed by atoms with van der Waals surface area (Å²) in [4.78, 5) is 62.5. The average molecular weight is 825 g/mol. The van der Waals surface area contributed by atoms with Gasteiger partial charge in [-0.2, -0.15) is 9.97 Å². The fraction of sp³-hybridized carbons (Fsp3) is 0.227. The zero-order valence-electron chi connectivity index (χ0n) is 34.5. The molecular weight excluding hydrogens is 781 g/mol. The van der Waals surface area contributed by atoms with E-state index in [-0.39, 0.29) is 23.2 Å². The number of hydrogen-bond donors (Lipinski definition) is 3. The van der Waals surface area contributed by atoms with Crippen molar-refractivity contribution in [3.63, 3.8) is 0 Å². The van der Waals surface area contributed by atoms with Crippen LogP contribution in [0, 0.1) is 27.7 Å². The van der Waals surface area contributed by atoms with Crippen molar-refractivity contribution in [2.45, 2.75) is 67.2 Å². The van der Waals surface area contributed by atoms with Gasteiger partial charge in [0.05, 0.1) is 12.4 Å². The maximum absolute atomic E-state index is 12.9. The lowest BCUT2D eigenvalue weighted by molar-refractivity contribution is -0.117. The maximum atomic E-state index is 12.9. The number of hydrogen-bond acceptors (Lipinski definition) is 13. The van der Waals surface area contributed by atoms with Crippen molar-refractivity contribution in [2.75, 3.05) is 11.1 Å². The van der Waals surface area contributed by atoms with Gasteiger partial charge in [0.2, 0.25) is 23.4 Å². The van der Waals surface area contributed by atoms with Crippen LogP contribution in [0.15, 0.2) is 94.5 Å². The molecule has 0 radical (unpaired) electrons. The topological polar surface area (TPSA) is 239 Å². The molecule has 1 amide bonds. The number of carbonyl (C=O) groups is 4. The molecule has 17 nitrogen and oxygen atoms in total. The second-order valence-electron chi connectivity index (χ2n) is 14.4. The molecule has 0 fully saturated rings. The van der Waals surface area contributed by atoms with Crippen LogP contribution in [0.4, 0.5) is 11.4 Å². The molecule has 0 atom stereocenters. The van der Waals surface area contributed by atoms with E-state index in [1.165, 1.54) is 20.0 Å². The van der Waals surface area contributed by atoms with Gasteiger partial charge >= 0.3 is 5.97 Å². The number of nitrogen functional groups attached to an aromatic ring is 1. The van der Waals surface area contributed by atoms with Crippen LogP contribution < -0.4 is 11.1 Å². The molecule has 2 aromatic carbocycles. The molecule has 0 aliphatic heterocycles. The van der Waals surface area contributed by atoms with E-state index in [1.807, 2.05) is 88.5 Å². The van der Waals surface area contributed by atoms with Crippen molar-refractivity contribution < 1.29 is 33.3 Å². The van der Waals surface area contributed by atoms with Gasteiger partial charge in [-0.25, -0.2) is 14.8 Å². The van der Waals surface area contributed by atoms with E-state index in [4.69, 9.17) is 19.9 Å². The van der Waals surface area contributed by atoms with Gasteiger partial charge in [0.1, 0.15) is 28.6 Å². The number of aromatic nitrogens is 8. The Hall–Kier alpha value is -7.82. The van der Waals surface area contributed by atoms with E-state index in [9.17, 15) is 19.2 Å². The summed E-state index contributed by atoms with van der Waals surface area (Å²) in [5, 5.41) is 19.6. The lowest BCUT2D eigenvalue weighted by atomic mass is 10.1. The summed E-state index contributed by atoms with van der Waals surface area (Å²) >= 11 is 0. The highest BCUT2D eigenvalue weighted by atomic mass is 16.5. The molecule has 4 N–H and O–H groups in total. The summed E-state index contributed by atoms with van der Waals surface area (Å²) < 4.78 is 13.6. The van der Waals surface area contributed by atoms with E-state index in [1.54, 1.807) is 27.3 Å². The number of aryl methyl sites for hydroxylation is 6. The van der Waals surface area contributed by atoms with Gasteiger partial charge < -0.3 is 34.8 Å². The lowest BCUT2D eigenvalue weighted by Crippen LogP contribution is -2.15. The van der Waals surface area contributed by atoms with E-state index < -0.39 is 5.97 Å². The Bertz CT molecular complexity index is 2890. The molecule has 17 heteroatoms. The van der Waals surface area contributed by atoms with Crippen LogP contribution in [0.25, 0.3) is 34.1 Å². The number of pyridine rings is 2. The molecule has 0 saturated heterocycles. The van der Waals surface area contributed by atoms with E-state index >= 15 is 0 Å². The highest BCUT2D eigenvalue weighted by molar-refractivity contribution is 6.04. The van der Waals surface area contributed by atoms with Crippen molar-refractivity contribution in [1.82, 2.24) is 39.1 Å². The van der Waals surface area contributed by atoms with Gasteiger partial charge in [-0.15, -0.1) is 0 Å². The molecule has 0 unspecified atom stereocenters. The first kappa shape index (κ1) is 42.8. The Kier molecular flexibility index (Phi) is 13.2. The molecule has 8 rings (SSSR count). The number of Topliss-reactive ketones (excluding diaryl/α,β-unsaturated/α-hetero) is 2.